The minimum Gasteiger partial charge on any atom is -0.478 e. The lowest BCUT2D eigenvalue weighted by atomic mass is 10.1. The summed E-state index contributed by atoms with van der Waals surface area (Å²) in [6.45, 7) is -0.0311. The molecular weight excluding hydrogens is 383 g/mol. The molecule has 1 aromatic rings. The quantitative estimate of drug-likeness (QED) is 0.787. The zero-order valence-corrected chi connectivity index (χ0v) is 13.5. The first-order valence-electron chi connectivity index (χ1n) is 6.11. The number of carbonyl (C=O) groups is 2. The predicted octanol–water partition coefficient (Wildman–Crippen LogP) is 0.928. The molecular formula is C12H12BrFN2O5S. The van der Waals surface area contributed by atoms with Gasteiger partial charge in [-0.3, -0.25) is 4.79 Å². The Bertz CT molecular complexity index is 752. The van der Waals surface area contributed by atoms with E-state index in [1.54, 1.807) is 0 Å². The average Bonchev–Trinajstić information content (AvgIpc) is 2.70. The van der Waals surface area contributed by atoms with Crippen LogP contribution in [-0.4, -0.2) is 37.7 Å². The van der Waals surface area contributed by atoms with Crippen LogP contribution < -0.4 is 10.0 Å². The van der Waals surface area contributed by atoms with Gasteiger partial charge in [-0.25, -0.2) is 22.7 Å². The molecule has 0 radical (unpaired) electrons. The Kier molecular flexibility index (Phi) is 4.54. The first-order chi connectivity index (χ1) is 10.1. The standard InChI is InChI=1S/C12H12BrFN2O5S/c13-8-2-7(12(18)19)10(3-9(8)14)16-4-6(1-11(16)17)5-22(15,20)21/h2-3,6H,1,4-5H2,(H,18,19)(H2,15,20,21). The molecule has 22 heavy (non-hydrogen) atoms. The molecule has 1 unspecified atom stereocenters. The number of anilines is 1. The first-order valence-corrected chi connectivity index (χ1v) is 8.62. The highest BCUT2D eigenvalue weighted by Gasteiger charge is 2.35. The Morgan fingerprint density at radius 2 is 2.14 bits per heavy atom. The number of nitrogens with zero attached hydrogens (tertiary/aromatic N) is 1. The third-order valence-corrected chi connectivity index (χ3v) is 4.78. The third kappa shape index (κ3) is 3.62. The van der Waals surface area contributed by atoms with E-state index in [4.69, 9.17) is 5.14 Å². The van der Waals surface area contributed by atoms with Gasteiger partial charge < -0.3 is 10.0 Å². The van der Waals surface area contributed by atoms with Crippen LogP contribution in [0.15, 0.2) is 16.6 Å². The van der Waals surface area contributed by atoms with Gasteiger partial charge in [0.05, 0.1) is 21.5 Å². The number of carboxylic acids is 1. The fourth-order valence-electron chi connectivity index (χ4n) is 2.39. The van der Waals surface area contributed by atoms with Crippen LogP contribution in [0.1, 0.15) is 16.8 Å². The van der Waals surface area contributed by atoms with E-state index in [2.05, 4.69) is 15.9 Å². The number of halogens is 2. The van der Waals surface area contributed by atoms with Crippen molar-refractivity contribution in [1.29, 1.82) is 0 Å². The van der Waals surface area contributed by atoms with Gasteiger partial charge in [-0.05, 0) is 28.1 Å². The molecule has 1 saturated heterocycles. The Balaban J connectivity index is 2.38. The number of hydrogen-bond acceptors (Lipinski definition) is 4. The molecule has 1 aliphatic heterocycles. The molecule has 1 atom stereocenters. The molecule has 1 amide bonds. The molecule has 1 aromatic carbocycles. The van der Waals surface area contributed by atoms with Crippen molar-refractivity contribution in [1.82, 2.24) is 0 Å². The van der Waals surface area contributed by atoms with Gasteiger partial charge in [0.25, 0.3) is 0 Å². The molecule has 0 aromatic heterocycles. The second-order valence-corrected chi connectivity index (χ2v) is 7.51. The van der Waals surface area contributed by atoms with E-state index < -0.39 is 39.4 Å². The largest absolute Gasteiger partial charge is 0.478 e. The Labute approximate surface area is 134 Å². The van der Waals surface area contributed by atoms with E-state index in [0.29, 0.717) is 0 Å². The van der Waals surface area contributed by atoms with Crippen molar-refractivity contribution in [3.63, 3.8) is 0 Å². The van der Waals surface area contributed by atoms with Gasteiger partial charge in [0.2, 0.25) is 15.9 Å². The highest BCUT2D eigenvalue weighted by molar-refractivity contribution is 9.10. The normalized spacial score (nSPS) is 18.8. The lowest BCUT2D eigenvalue weighted by Crippen LogP contribution is -2.28. The maximum absolute atomic E-state index is 13.7. The first kappa shape index (κ1) is 16.8. The van der Waals surface area contributed by atoms with E-state index in [1.165, 1.54) is 0 Å². The van der Waals surface area contributed by atoms with Gasteiger partial charge in [0.15, 0.2) is 0 Å². The van der Waals surface area contributed by atoms with Gasteiger partial charge in [-0.15, -0.1) is 0 Å². The summed E-state index contributed by atoms with van der Waals surface area (Å²) in [5, 5.41) is 14.1. The molecule has 3 N–H and O–H groups in total. The lowest BCUT2D eigenvalue weighted by Gasteiger charge is -2.19. The van der Waals surface area contributed by atoms with E-state index >= 15 is 0 Å². The maximum Gasteiger partial charge on any atom is 0.337 e. The molecule has 1 aliphatic rings. The molecule has 0 spiro atoms. The molecule has 7 nitrogen and oxygen atoms in total. The smallest absolute Gasteiger partial charge is 0.337 e. The lowest BCUT2D eigenvalue weighted by molar-refractivity contribution is -0.117. The van der Waals surface area contributed by atoms with Gasteiger partial charge in [-0.1, -0.05) is 0 Å². The van der Waals surface area contributed by atoms with E-state index in [0.717, 1.165) is 17.0 Å². The van der Waals surface area contributed by atoms with Crippen LogP contribution in [0.5, 0.6) is 0 Å². The number of nitrogens with two attached hydrogens (primary N) is 1. The van der Waals surface area contributed by atoms with Crippen molar-refractivity contribution in [3.8, 4) is 0 Å². The van der Waals surface area contributed by atoms with Crippen molar-refractivity contribution in [2.45, 2.75) is 6.42 Å². The van der Waals surface area contributed by atoms with E-state index in [9.17, 15) is 27.5 Å². The van der Waals surface area contributed by atoms with Crippen LogP contribution in [0.3, 0.4) is 0 Å². The minimum atomic E-state index is -3.75. The van der Waals surface area contributed by atoms with Crippen LogP contribution >= 0.6 is 15.9 Å². The fourth-order valence-corrected chi connectivity index (χ4v) is 3.61. The summed E-state index contributed by atoms with van der Waals surface area (Å²) in [4.78, 5) is 24.3. The number of primary sulfonamides is 1. The van der Waals surface area contributed by atoms with Crippen LogP contribution in [-0.2, 0) is 14.8 Å². The predicted molar refractivity (Wildman–Crippen MR) is 79.5 cm³/mol. The Morgan fingerprint density at radius 1 is 1.50 bits per heavy atom. The van der Waals surface area contributed by atoms with Gasteiger partial charge in [0, 0.05) is 18.9 Å². The summed E-state index contributed by atoms with van der Waals surface area (Å²) >= 11 is 2.89. The minimum absolute atomic E-state index is 0.0311. The Hall–Kier alpha value is -1.52. The average molecular weight is 395 g/mol. The van der Waals surface area contributed by atoms with Crippen LogP contribution in [0.2, 0.25) is 0 Å². The van der Waals surface area contributed by atoms with E-state index in [1.807, 2.05) is 0 Å². The number of benzene rings is 1. The monoisotopic (exact) mass is 394 g/mol. The number of hydrogen-bond donors (Lipinski definition) is 2. The van der Waals surface area contributed by atoms with Crippen molar-refractivity contribution in [3.05, 3.63) is 28.0 Å². The molecule has 120 valence electrons. The zero-order valence-electron chi connectivity index (χ0n) is 11.1. The molecule has 0 aliphatic carbocycles. The molecule has 0 bridgehead atoms. The van der Waals surface area contributed by atoms with Crippen molar-refractivity contribution < 1.29 is 27.5 Å². The summed E-state index contributed by atoms with van der Waals surface area (Å²) in [6, 6.07) is 2.00. The molecule has 1 heterocycles. The van der Waals surface area contributed by atoms with E-state index in [-0.39, 0.29) is 28.7 Å². The van der Waals surface area contributed by atoms with Crippen LogP contribution in [0, 0.1) is 11.7 Å². The Morgan fingerprint density at radius 3 is 2.68 bits per heavy atom. The van der Waals surface area contributed by atoms with Crippen molar-refractivity contribution in [2.75, 3.05) is 17.2 Å². The van der Waals surface area contributed by atoms with Crippen LogP contribution in [0.4, 0.5) is 10.1 Å². The summed E-state index contributed by atoms with van der Waals surface area (Å²) < 4.78 is 35.8. The topological polar surface area (TPSA) is 118 Å². The second kappa shape index (κ2) is 5.94. The van der Waals surface area contributed by atoms with Gasteiger partial charge in [0.1, 0.15) is 5.82 Å². The maximum atomic E-state index is 13.7. The van der Waals surface area contributed by atoms with Gasteiger partial charge >= 0.3 is 5.97 Å². The number of amides is 1. The number of carbonyl (C=O) groups excluding carboxylic acids is 1. The third-order valence-electron chi connectivity index (χ3n) is 3.23. The summed E-state index contributed by atoms with van der Waals surface area (Å²) in [5.74, 6) is -3.47. The number of rotatable bonds is 4. The summed E-state index contributed by atoms with van der Waals surface area (Å²) in [7, 11) is -3.75. The second-order valence-electron chi connectivity index (χ2n) is 4.99. The molecule has 0 saturated carbocycles. The molecule has 2 rings (SSSR count). The summed E-state index contributed by atoms with van der Waals surface area (Å²) in [5.41, 5.74) is -0.354. The van der Waals surface area contributed by atoms with Crippen LogP contribution in [0.25, 0.3) is 0 Å². The number of carboxylic acid groups (broad SMARTS) is 1. The SMILES string of the molecule is NS(=O)(=O)CC1CC(=O)N(c2cc(F)c(Br)cc2C(=O)O)C1. The van der Waals surface area contributed by atoms with Crippen molar-refractivity contribution >= 4 is 43.5 Å². The fraction of sp³-hybridized carbons (Fsp3) is 0.333. The number of sulfonamides is 1. The zero-order chi connectivity index (χ0) is 16.7. The highest BCUT2D eigenvalue weighted by Crippen LogP contribution is 2.32. The molecule has 10 heteroatoms. The van der Waals surface area contributed by atoms with Gasteiger partial charge in [-0.2, -0.15) is 0 Å². The summed E-state index contributed by atoms with van der Waals surface area (Å²) in [6.07, 6.45) is -0.0901. The number of aromatic carboxylic acids is 1. The highest BCUT2D eigenvalue weighted by atomic mass is 79.9. The van der Waals surface area contributed by atoms with Crippen molar-refractivity contribution in [2.24, 2.45) is 11.1 Å². The molecule has 1 fully saturated rings.